The van der Waals surface area contributed by atoms with Crippen LogP contribution in [0, 0.1) is 0 Å². The van der Waals surface area contributed by atoms with Crippen LogP contribution in [0.4, 0.5) is 0 Å². The average Bonchev–Trinajstić information content (AvgIpc) is 3.53. The van der Waals surface area contributed by atoms with Gasteiger partial charge in [-0.25, -0.2) is 8.42 Å². The minimum Gasteiger partial charge on any atom is -0.351 e. The fourth-order valence-electron chi connectivity index (χ4n) is 5.43. The van der Waals surface area contributed by atoms with Crippen LogP contribution in [0.25, 0.3) is 22.0 Å². The van der Waals surface area contributed by atoms with Gasteiger partial charge in [0.05, 0.1) is 10.4 Å². The van der Waals surface area contributed by atoms with Crippen molar-refractivity contribution in [1.29, 1.82) is 0 Å². The van der Waals surface area contributed by atoms with E-state index in [9.17, 15) is 18.0 Å². The molecule has 2 aliphatic rings. The molecule has 0 atom stereocenters. The van der Waals surface area contributed by atoms with Gasteiger partial charge in [-0.3, -0.25) is 9.59 Å². The van der Waals surface area contributed by atoms with Gasteiger partial charge >= 0.3 is 0 Å². The maximum atomic E-state index is 13.5. The van der Waals surface area contributed by atoms with Crippen molar-refractivity contribution >= 4 is 32.4 Å². The first-order valence-electron chi connectivity index (χ1n) is 13.2. The number of Topliss-reactive ketones (excluding diaryl/α,β-unsaturated/α-hetero) is 1. The highest BCUT2D eigenvalue weighted by Gasteiger charge is 2.43. The summed E-state index contributed by atoms with van der Waals surface area (Å²) in [6, 6.07) is 14.4. The molecule has 0 bridgehead atoms. The Labute approximate surface area is 218 Å². The lowest BCUT2D eigenvalue weighted by molar-refractivity contribution is -0.126. The second-order valence-electron chi connectivity index (χ2n) is 11.0. The van der Waals surface area contributed by atoms with Gasteiger partial charge in [0.2, 0.25) is 0 Å². The number of amides is 1. The number of aromatic amines is 1. The van der Waals surface area contributed by atoms with E-state index in [2.05, 4.69) is 10.3 Å². The highest BCUT2D eigenvalue weighted by atomic mass is 32.2. The summed E-state index contributed by atoms with van der Waals surface area (Å²) in [5, 5.41) is 4.05. The van der Waals surface area contributed by atoms with Crippen LogP contribution in [0.5, 0.6) is 0 Å². The first kappa shape index (κ1) is 25.7. The molecule has 37 heavy (non-hydrogen) atoms. The van der Waals surface area contributed by atoms with Gasteiger partial charge in [0.15, 0.2) is 15.6 Å². The lowest BCUT2D eigenvalue weighted by Gasteiger charge is -2.33. The van der Waals surface area contributed by atoms with E-state index in [0.29, 0.717) is 31.4 Å². The smallest absolute Gasteiger partial charge is 0.268 e. The third kappa shape index (κ3) is 5.65. The number of carbonyl (C=O) groups is 2. The van der Waals surface area contributed by atoms with Crippen LogP contribution >= 0.6 is 0 Å². The Hall–Kier alpha value is -2.97. The van der Waals surface area contributed by atoms with Gasteiger partial charge in [-0.05, 0) is 67.5 Å². The number of fused-ring (bicyclic) bond motifs is 1. The van der Waals surface area contributed by atoms with Gasteiger partial charge in [-0.1, -0.05) is 49.9 Å². The number of nitrogens with one attached hydrogen (secondary N) is 2. The first-order valence-corrected chi connectivity index (χ1v) is 15.0. The predicted molar refractivity (Wildman–Crippen MR) is 145 cm³/mol. The van der Waals surface area contributed by atoms with Gasteiger partial charge in [-0.15, -0.1) is 0 Å². The second kappa shape index (κ2) is 9.72. The number of ketones is 1. The van der Waals surface area contributed by atoms with Crippen molar-refractivity contribution in [2.24, 2.45) is 5.73 Å². The molecule has 8 heteroatoms. The third-order valence-electron chi connectivity index (χ3n) is 8.07. The Balaban J connectivity index is 1.36. The molecule has 3 aromatic rings. The highest BCUT2D eigenvalue weighted by Crippen LogP contribution is 2.38. The van der Waals surface area contributed by atoms with Crippen molar-refractivity contribution in [1.82, 2.24) is 10.3 Å². The number of hydrogen-bond acceptors (Lipinski definition) is 5. The second-order valence-corrected chi connectivity index (χ2v) is 13.0. The van der Waals surface area contributed by atoms with Crippen LogP contribution in [0.3, 0.4) is 0 Å². The lowest BCUT2D eigenvalue weighted by atomic mass is 9.82. The molecule has 2 fully saturated rings. The molecule has 0 unspecified atom stereocenters. The molecule has 2 aliphatic carbocycles. The molecule has 2 aromatic carbocycles. The number of carbonyl (C=O) groups excluding carboxylic acids is 2. The van der Waals surface area contributed by atoms with E-state index in [-0.39, 0.29) is 22.1 Å². The Morgan fingerprint density at radius 1 is 0.919 bits per heavy atom. The monoisotopic (exact) mass is 521 g/mol. The maximum absolute atomic E-state index is 13.5. The fraction of sp³-hybridized carbons (Fsp3) is 0.448. The van der Waals surface area contributed by atoms with Crippen LogP contribution in [-0.2, 0) is 14.6 Å². The van der Waals surface area contributed by atoms with E-state index >= 15 is 0 Å². The van der Waals surface area contributed by atoms with E-state index < -0.39 is 15.4 Å². The number of rotatable bonds is 8. The Bertz CT molecular complexity index is 1430. The van der Waals surface area contributed by atoms with Crippen molar-refractivity contribution in [3.63, 3.8) is 0 Å². The van der Waals surface area contributed by atoms with Crippen molar-refractivity contribution in [2.75, 3.05) is 6.26 Å². The van der Waals surface area contributed by atoms with E-state index in [1.807, 2.05) is 24.3 Å². The average molecular weight is 522 g/mol. The molecule has 0 spiro atoms. The molecule has 5 rings (SSSR count). The summed E-state index contributed by atoms with van der Waals surface area (Å²) in [6.45, 7) is 0. The molecule has 0 saturated heterocycles. The Morgan fingerprint density at radius 3 is 2.19 bits per heavy atom. The molecule has 0 radical (unpaired) electrons. The molecule has 1 amide bonds. The van der Waals surface area contributed by atoms with Gasteiger partial charge < -0.3 is 16.0 Å². The summed E-state index contributed by atoms with van der Waals surface area (Å²) in [5.74, 6) is -0.158. The van der Waals surface area contributed by atoms with Crippen LogP contribution in [-0.4, -0.2) is 42.4 Å². The van der Waals surface area contributed by atoms with Crippen LogP contribution in [0.1, 0.15) is 74.7 Å². The zero-order valence-corrected chi connectivity index (χ0v) is 22.1. The summed E-state index contributed by atoms with van der Waals surface area (Å²) >= 11 is 0. The Kier molecular flexibility index (Phi) is 6.75. The van der Waals surface area contributed by atoms with Crippen LogP contribution in [0.15, 0.2) is 53.4 Å². The van der Waals surface area contributed by atoms with Gasteiger partial charge in [0.25, 0.3) is 5.91 Å². The number of hydrogen-bond donors (Lipinski definition) is 3. The normalized spacial score (nSPS) is 18.8. The minimum absolute atomic E-state index is 0.107. The third-order valence-corrected chi connectivity index (χ3v) is 9.20. The SMILES string of the molecule is CS(=O)(=O)c1ccc(-c2ccc3cc(C(=O)NC4(C(=O)CCC5(N)CC5)CCCCCC4)[nH]c3c2)cc1. The van der Waals surface area contributed by atoms with E-state index in [1.54, 1.807) is 24.3 Å². The molecule has 0 aliphatic heterocycles. The topological polar surface area (TPSA) is 122 Å². The van der Waals surface area contributed by atoms with Crippen molar-refractivity contribution in [3.05, 3.63) is 54.2 Å². The van der Waals surface area contributed by atoms with Crippen LogP contribution < -0.4 is 11.1 Å². The zero-order valence-electron chi connectivity index (χ0n) is 21.3. The largest absolute Gasteiger partial charge is 0.351 e. The molecular formula is C29H35N3O4S. The predicted octanol–water partition coefficient (Wildman–Crippen LogP) is 4.90. The summed E-state index contributed by atoms with van der Waals surface area (Å²) < 4.78 is 23.5. The van der Waals surface area contributed by atoms with Crippen molar-refractivity contribution in [2.45, 2.75) is 80.2 Å². The van der Waals surface area contributed by atoms with E-state index in [1.165, 1.54) is 6.26 Å². The number of aromatic nitrogens is 1. The molecular weight excluding hydrogens is 486 g/mol. The van der Waals surface area contributed by atoms with E-state index in [0.717, 1.165) is 60.6 Å². The standard InChI is InChI=1S/C29H35N3O4S/c1-37(35,36)23-10-8-20(9-11-23)21-6-7-22-19-25(31-24(22)18-21)27(34)32-29(13-4-2-3-5-14-29)26(33)12-15-28(30)16-17-28/h6-11,18-19,31H,2-5,12-17,30H2,1H3,(H,32,34). The summed E-state index contributed by atoms with van der Waals surface area (Å²) in [7, 11) is -3.26. The van der Waals surface area contributed by atoms with Crippen LogP contribution in [0.2, 0.25) is 0 Å². The number of sulfone groups is 1. The molecule has 4 N–H and O–H groups in total. The van der Waals surface area contributed by atoms with Gasteiger partial charge in [-0.2, -0.15) is 0 Å². The molecule has 1 heterocycles. The highest BCUT2D eigenvalue weighted by molar-refractivity contribution is 7.90. The molecule has 7 nitrogen and oxygen atoms in total. The van der Waals surface area contributed by atoms with Crippen molar-refractivity contribution in [3.8, 4) is 11.1 Å². The van der Waals surface area contributed by atoms with Crippen molar-refractivity contribution < 1.29 is 18.0 Å². The number of nitrogens with two attached hydrogens (primary N) is 1. The number of benzene rings is 2. The zero-order chi connectivity index (χ0) is 26.3. The Morgan fingerprint density at radius 2 is 1.57 bits per heavy atom. The van der Waals surface area contributed by atoms with Gasteiger partial charge in [0, 0.05) is 29.1 Å². The minimum atomic E-state index is -3.26. The first-order chi connectivity index (χ1) is 17.6. The molecule has 2 saturated carbocycles. The summed E-state index contributed by atoms with van der Waals surface area (Å²) in [6.07, 6.45) is 9.56. The quantitative estimate of drug-likeness (QED) is 0.364. The molecule has 1 aromatic heterocycles. The van der Waals surface area contributed by atoms with Gasteiger partial charge in [0.1, 0.15) is 5.69 Å². The lowest BCUT2D eigenvalue weighted by Crippen LogP contribution is -2.54. The number of H-pyrrole nitrogens is 1. The summed E-state index contributed by atoms with van der Waals surface area (Å²) in [4.78, 5) is 30.4. The molecule has 196 valence electrons. The fourth-order valence-corrected chi connectivity index (χ4v) is 6.06. The summed E-state index contributed by atoms with van der Waals surface area (Å²) in [5.41, 5.74) is 8.24. The maximum Gasteiger partial charge on any atom is 0.268 e. The van der Waals surface area contributed by atoms with E-state index in [4.69, 9.17) is 5.73 Å².